The molecule has 0 spiro atoms. The maximum Gasteiger partial charge on any atom is 0.193 e. The average Bonchev–Trinajstić information content (AvgIpc) is 2.90. The molecule has 1 unspecified atom stereocenters. The van der Waals surface area contributed by atoms with Crippen LogP contribution in [-0.2, 0) is 13.1 Å². The zero-order chi connectivity index (χ0) is 18.5. The van der Waals surface area contributed by atoms with Crippen molar-refractivity contribution in [3.8, 4) is 0 Å². The molecule has 2 heterocycles. The highest BCUT2D eigenvalue weighted by atomic mass is 127. The number of guanidine groups is 1. The number of likely N-dealkylation sites (tertiary alicyclic amines) is 1. The lowest BCUT2D eigenvalue weighted by Gasteiger charge is -2.33. The molecule has 3 rings (SSSR count). The number of aliphatic imine (C=N–C) groups is 1. The van der Waals surface area contributed by atoms with Gasteiger partial charge in [-0.1, -0.05) is 37.3 Å². The predicted octanol–water partition coefficient (Wildman–Crippen LogP) is 3.97. The molecule has 0 radical (unpaired) electrons. The van der Waals surface area contributed by atoms with E-state index >= 15 is 0 Å². The molecule has 0 saturated carbocycles. The third-order valence-corrected chi connectivity index (χ3v) is 5.30. The van der Waals surface area contributed by atoms with Crippen LogP contribution >= 0.6 is 24.0 Å². The van der Waals surface area contributed by atoms with E-state index in [9.17, 15) is 0 Å². The molecule has 1 fully saturated rings. The van der Waals surface area contributed by atoms with Gasteiger partial charge in [-0.05, 0) is 38.2 Å². The van der Waals surface area contributed by atoms with E-state index in [1.54, 1.807) is 0 Å². The molecule has 0 bridgehead atoms. The largest absolute Gasteiger partial charge is 0.352 e. The van der Waals surface area contributed by atoms with Gasteiger partial charge in [0.25, 0.3) is 0 Å². The van der Waals surface area contributed by atoms with Crippen LogP contribution in [-0.4, -0.2) is 40.8 Å². The Morgan fingerprint density at radius 1 is 1.26 bits per heavy atom. The van der Waals surface area contributed by atoms with Gasteiger partial charge in [-0.25, -0.2) is 0 Å². The fourth-order valence-electron chi connectivity index (χ4n) is 3.78. The van der Waals surface area contributed by atoms with Gasteiger partial charge in [0.15, 0.2) is 5.96 Å². The predicted molar refractivity (Wildman–Crippen MR) is 123 cm³/mol. The highest BCUT2D eigenvalue weighted by Crippen LogP contribution is 2.17. The Kier molecular flexibility index (Phi) is 8.13. The van der Waals surface area contributed by atoms with Gasteiger partial charge in [0.05, 0.1) is 12.2 Å². The van der Waals surface area contributed by atoms with E-state index in [1.807, 2.05) is 13.1 Å². The van der Waals surface area contributed by atoms with Crippen LogP contribution in [0.3, 0.4) is 0 Å². The van der Waals surface area contributed by atoms with Crippen LogP contribution in [0.25, 0.3) is 0 Å². The van der Waals surface area contributed by atoms with Crippen molar-refractivity contribution < 1.29 is 0 Å². The van der Waals surface area contributed by atoms with Crippen molar-refractivity contribution in [1.82, 2.24) is 20.0 Å². The minimum Gasteiger partial charge on any atom is -0.352 e. The van der Waals surface area contributed by atoms with Gasteiger partial charge in [-0.3, -0.25) is 9.67 Å². The summed E-state index contributed by atoms with van der Waals surface area (Å²) in [4.78, 5) is 6.88. The lowest BCUT2D eigenvalue weighted by molar-refractivity contribution is 0.266. The van der Waals surface area contributed by atoms with Crippen LogP contribution in [0.15, 0.2) is 35.3 Å². The number of hydrogen-bond donors (Lipinski definition) is 1. The SMILES string of the molecule is CN=C(NCc1c(C)nn(Cc2ccccc2)c1C)N1CCCC(C)C1.I. The third-order valence-electron chi connectivity index (χ3n) is 5.30. The number of nitrogens with one attached hydrogen (secondary N) is 1. The molecule has 1 saturated heterocycles. The molecule has 1 atom stereocenters. The Morgan fingerprint density at radius 2 is 2.00 bits per heavy atom. The van der Waals surface area contributed by atoms with Gasteiger partial charge in [-0.15, -0.1) is 24.0 Å². The molecular weight excluding hydrogens is 449 g/mol. The van der Waals surface area contributed by atoms with Crippen LogP contribution in [0.2, 0.25) is 0 Å². The summed E-state index contributed by atoms with van der Waals surface area (Å²) in [5.74, 6) is 1.74. The summed E-state index contributed by atoms with van der Waals surface area (Å²) in [6.07, 6.45) is 2.56. The fourth-order valence-corrected chi connectivity index (χ4v) is 3.78. The van der Waals surface area contributed by atoms with E-state index in [4.69, 9.17) is 5.10 Å². The Balaban J connectivity index is 0.00000261. The van der Waals surface area contributed by atoms with Crippen molar-refractivity contribution in [2.75, 3.05) is 20.1 Å². The third kappa shape index (κ3) is 5.46. The quantitative estimate of drug-likeness (QED) is 0.409. The molecule has 1 aromatic carbocycles. The van der Waals surface area contributed by atoms with Crippen molar-refractivity contribution in [3.63, 3.8) is 0 Å². The molecule has 1 aromatic heterocycles. The Bertz CT molecular complexity index is 753. The van der Waals surface area contributed by atoms with Gasteiger partial charge in [0.2, 0.25) is 0 Å². The van der Waals surface area contributed by atoms with E-state index in [-0.39, 0.29) is 24.0 Å². The van der Waals surface area contributed by atoms with Crippen molar-refractivity contribution in [2.45, 2.75) is 46.7 Å². The van der Waals surface area contributed by atoms with Crippen molar-refractivity contribution >= 4 is 29.9 Å². The van der Waals surface area contributed by atoms with Crippen LogP contribution in [0.5, 0.6) is 0 Å². The van der Waals surface area contributed by atoms with E-state index < -0.39 is 0 Å². The molecule has 5 nitrogen and oxygen atoms in total. The molecule has 1 aliphatic rings. The zero-order valence-corrected chi connectivity index (χ0v) is 19.2. The number of nitrogens with zero attached hydrogens (tertiary/aromatic N) is 4. The maximum atomic E-state index is 4.76. The Labute approximate surface area is 180 Å². The lowest BCUT2D eigenvalue weighted by atomic mass is 10.0. The first-order valence-corrected chi connectivity index (χ1v) is 9.61. The summed E-state index contributed by atoms with van der Waals surface area (Å²) < 4.78 is 2.10. The highest BCUT2D eigenvalue weighted by molar-refractivity contribution is 14.0. The van der Waals surface area contributed by atoms with Crippen LogP contribution in [0.1, 0.15) is 42.3 Å². The van der Waals surface area contributed by atoms with Gasteiger partial charge < -0.3 is 10.2 Å². The van der Waals surface area contributed by atoms with Gasteiger partial charge in [0.1, 0.15) is 0 Å². The lowest BCUT2D eigenvalue weighted by Crippen LogP contribution is -2.46. The molecule has 6 heteroatoms. The van der Waals surface area contributed by atoms with Crippen molar-refractivity contribution in [3.05, 3.63) is 52.8 Å². The van der Waals surface area contributed by atoms with Gasteiger partial charge in [-0.2, -0.15) is 5.10 Å². The fraction of sp³-hybridized carbons (Fsp3) is 0.524. The Hall–Kier alpha value is -1.57. The standard InChI is InChI=1S/C21H31N5.HI/c1-16-9-8-12-25(14-16)21(22-4)23-13-20-17(2)24-26(18(20)3)15-19-10-6-5-7-11-19;/h5-7,10-11,16H,8-9,12-15H2,1-4H3,(H,22,23);1H. The summed E-state index contributed by atoms with van der Waals surface area (Å²) in [6, 6.07) is 10.5. The number of piperidine rings is 1. The molecule has 27 heavy (non-hydrogen) atoms. The molecule has 1 aliphatic heterocycles. The summed E-state index contributed by atoms with van der Waals surface area (Å²) >= 11 is 0. The van der Waals surface area contributed by atoms with Crippen LogP contribution in [0, 0.1) is 19.8 Å². The Morgan fingerprint density at radius 3 is 2.67 bits per heavy atom. The summed E-state index contributed by atoms with van der Waals surface area (Å²) in [5.41, 5.74) is 4.86. The topological polar surface area (TPSA) is 45.5 Å². The van der Waals surface area contributed by atoms with Gasteiger partial charge in [0, 0.05) is 37.9 Å². The molecular formula is C21H32IN5. The second-order valence-corrected chi connectivity index (χ2v) is 7.39. The monoisotopic (exact) mass is 481 g/mol. The number of benzene rings is 1. The number of aromatic nitrogens is 2. The molecule has 2 aromatic rings. The second kappa shape index (κ2) is 10.1. The molecule has 1 N–H and O–H groups in total. The number of aryl methyl sites for hydroxylation is 1. The number of hydrogen-bond acceptors (Lipinski definition) is 2. The zero-order valence-electron chi connectivity index (χ0n) is 16.9. The van der Waals surface area contributed by atoms with E-state index in [2.05, 4.69) is 64.9 Å². The van der Waals surface area contributed by atoms with Crippen molar-refractivity contribution in [2.24, 2.45) is 10.9 Å². The number of halogens is 1. The average molecular weight is 481 g/mol. The maximum absolute atomic E-state index is 4.76. The smallest absolute Gasteiger partial charge is 0.193 e. The first-order chi connectivity index (χ1) is 12.6. The number of rotatable bonds is 4. The molecule has 148 valence electrons. The molecule has 0 aliphatic carbocycles. The first-order valence-electron chi connectivity index (χ1n) is 9.61. The summed E-state index contributed by atoms with van der Waals surface area (Å²) in [5, 5.41) is 8.31. The highest BCUT2D eigenvalue weighted by Gasteiger charge is 2.20. The summed E-state index contributed by atoms with van der Waals surface area (Å²) in [6.45, 7) is 10.3. The minimum absolute atomic E-state index is 0. The summed E-state index contributed by atoms with van der Waals surface area (Å²) in [7, 11) is 1.88. The molecule has 0 amide bonds. The van der Waals surface area contributed by atoms with Gasteiger partial charge >= 0.3 is 0 Å². The second-order valence-electron chi connectivity index (χ2n) is 7.39. The first kappa shape index (κ1) is 21.7. The van der Waals surface area contributed by atoms with Crippen LogP contribution in [0.4, 0.5) is 0 Å². The van der Waals surface area contributed by atoms with Crippen molar-refractivity contribution in [1.29, 1.82) is 0 Å². The van der Waals surface area contributed by atoms with E-state index in [1.165, 1.54) is 29.7 Å². The van der Waals surface area contributed by atoms with E-state index in [0.29, 0.717) is 0 Å². The normalized spacial score (nSPS) is 17.6. The van der Waals surface area contributed by atoms with Crippen LogP contribution < -0.4 is 5.32 Å². The minimum atomic E-state index is 0. The van der Waals surface area contributed by atoms with E-state index in [0.717, 1.165) is 43.8 Å².